The average Bonchev–Trinajstić information content (AvgIpc) is 2.93. The zero-order valence-corrected chi connectivity index (χ0v) is 12.9. The number of hydrogen-bond acceptors (Lipinski definition) is 7. The zero-order valence-electron chi connectivity index (χ0n) is 11.3. The number of thiazole rings is 1. The minimum Gasteiger partial charge on any atom is -0.396 e. The summed E-state index contributed by atoms with van der Waals surface area (Å²) in [6.07, 6.45) is 1.87. The van der Waals surface area contributed by atoms with Crippen molar-refractivity contribution >= 4 is 34.1 Å². The molecule has 9 heteroatoms. The molecule has 0 fully saturated rings. The normalized spacial score (nSPS) is 10.6. The fourth-order valence-electron chi connectivity index (χ4n) is 1.63. The standard InChI is InChI=1S/C12H14N4O3S2/c1-7-8(2-4-17)10(19)16-12(14-7)21-6-9(18)15-11-13-3-5-20-11/h3,5,17H,2,4,6H2,1H3,(H,13,15,18)(H,14,16,19). The van der Waals surface area contributed by atoms with Crippen LogP contribution in [0.1, 0.15) is 11.3 Å². The summed E-state index contributed by atoms with van der Waals surface area (Å²) in [4.78, 5) is 34.3. The first-order valence-corrected chi connectivity index (χ1v) is 7.99. The summed E-state index contributed by atoms with van der Waals surface area (Å²) in [5, 5.41) is 14.2. The third kappa shape index (κ3) is 4.38. The summed E-state index contributed by atoms with van der Waals surface area (Å²) in [5.41, 5.74) is 0.754. The Kier molecular flexibility index (Phi) is 5.48. The van der Waals surface area contributed by atoms with Crippen LogP contribution in [-0.2, 0) is 11.2 Å². The number of nitrogens with one attached hydrogen (secondary N) is 2. The van der Waals surface area contributed by atoms with Crippen LogP contribution in [0, 0.1) is 6.92 Å². The molecular weight excluding hydrogens is 312 g/mol. The van der Waals surface area contributed by atoms with Crippen LogP contribution in [-0.4, -0.2) is 38.3 Å². The van der Waals surface area contributed by atoms with Crippen LogP contribution >= 0.6 is 23.1 Å². The van der Waals surface area contributed by atoms with Crippen LogP contribution in [0.4, 0.5) is 5.13 Å². The van der Waals surface area contributed by atoms with Crippen molar-refractivity contribution in [3.63, 3.8) is 0 Å². The summed E-state index contributed by atoms with van der Waals surface area (Å²) in [6, 6.07) is 0. The number of carbonyl (C=O) groups excluding carboxylic acids is 1. The van der Waals surface area contributed by atoms with E-state index in [9.17, 15) is 9.59 Å². The number of rotatable bonds is 6. The Morgan fingerprint density at radius 2 is 2.38 bits per heavy atom. The topological polar surface area (TPSA) is 108 Å². The second-order valence-electron chi connectivity index (χ2n) is 4.08. The van der Waals surface area contributed by atoms with Crippen molar-refractivity contribution in [1.82, 2.24) is 15.0 Å². The lowest BCUT2D eigenvalue weighted by Gasteiger charge is -2.05. The molecule has 112 valence electrons. The SMILES string of the molecule is Cc1nc(SCC(=O)Nc2nccs2)[nH]c(=O)c1CCO. The second-order valence-corrected chi connectivity index (χ2v) is 5.94. The summed E-state index contributed by atoms with van der Waals surface area (Å²) >= 11 is 2.48. The molecule has 0 aromatic carbocycles. The first kappa shape index (κ1) is 15.7. The Morgan fingerprint density at radius 1 is 1.57 bits per heavy atom. The highest BCUT2D eigenvalue weighted by Gasteiger charge is 2.10. The van der Waals surface area contributed by atoms with Crippen LogP contribution in [0.2, 0.25) is 0 Å². The van der Waals surface area contributed by atoms with Gasteiger partial charge in [0.25, 0.3) is 5.56 Å². The zero-order chi connectivity index (χ0) is 15.2. The molecule has 2 heterocycles. The van der Waals surface area contributed by atoms with Crippen molar-refractivity contribution in [2.24, 2.45) is 0 Å². The van der Waals surface area contributed by atoms with Crippen LogP contribution in [0.25, 0.3) is 0 Å². The van der Waals surface area contributed by atoms with Gasteiger partial charge in [0.15, 0.2) is 10.3 Å². The third-order valence-corrected chi connectivity index (χ3v) is 4.14. The van der Waals surface area contributed by atoms with Gasteiger partial charge in [-0.3, -0.25) is 9.59 Å². The molecule has 2 aromatic heterocycles. The third-order valence-electron chi connectivity index (χ3n) is 2.58. The predicted molar refractivity (Wildman–Crippen MR) is 81.9 cm³/mol. The van der Waals surface area contributed by atoms with Gasteiger partial charge < -0.3 is 15.4 Å². The van der Waals surface area contributed by atoms with Gasteiger partial charge in [-0.2, -0.15) is 0 Å². The highest BCUT2D eigenvalue weighted by atomic mass is 32.2. The fourth-order valence-corrected chi connectivity index (χ4v) is 2.89. The van der Waals surface area contributed by atoms with Gasteiger partial charge in [-0.1, -0.05) is 11.8 Å². The number of thioether (sulfide) groups is 1. The van der Waals surface area contributed by atoms with Gasteiger partial charge in [0.1, 0.15) is 0 Å². The summed E-state index contributed by atoms with van der Waals surface area (Å²) in [5.74, 6) is -0.0870. The molecule has 0 atom stereocenters. The molecule has 2 aromatic rings. The van der Waals surface area contributed by atoms with Gasteiger partial charge in [0, 0.05) is 35.9 Å². The molecule has 7 nitrogen and oxygen atoms in total. The van der Waals surface area contributed by atoms with E-state index in [1.54, 1.807) is 18.5 Å². The lowest BCUT2D eigenvalue weighted by atomic mass is 10.2. The molecule has 0 spiro atoms. The molecule has 0 saturated carbocycles. The van der Waals surface area contributed by atoms with E-state index >= 15 is 0 Å². The average molecular weight is 326 g/mol. The van der Waals surface area contributed by atoms with Crippen molar-refractivity contribution in [1.29, 1.82) is 0 Å². The van der Waals surface area contributed by atoms with E-state index in [1.165, 1.54) is 11.3 Å². The number of aliphatic hydroxyl groups is 1. The minimum atomic E-state index is -0.278. The number of aryl methyl sites for hydroxylation is 1. The first-order valence-electron chi connectivity index (χ1n) is 6.13. The molecule has 0 aliphatic carbocycles. The maximum absolute atomic E-state index is 11.8. The quantitative estimate of drug-likeness (QED) is 0.535. The largest absolute Gasteiger partial charge is 0.396 e. The van der Waals surface area contributed by atoms with Crippen molar-refractivity contribution in [2.45, 2.75) is 18.5 Å². The number of amides is 1. The minimum absolute atomic E-state index is 0.103. The molecular formula is C12H14N4O3S2. The molecule has 21 heavy (non-hydrogen) atoms. The number of H-pyrrole nitrogens is 1. The van der Waals surface area contributed by atoms with E-state index in [4.69, 9.17) is 5.11 Å². The van der Waals surface area contributed by atoms with Gasteiger partial charge >= 0.3 is 0 Å². The summed E-state index contributed by atoms with van der Waals surface area (Å²) in [6.45, 7) is 1.61. The molecule has 1 amide bonds. The van der Waals surface area contributed by atoms with E-state index in [1.807, 2.05) is 0 Å². The number of carbonyl (C=O) groups is 1. The van der Waals surface area contributed by atoms with Gasteiger partial charge in [-0.05, 0) is 6.92 Å². The maximum Gasteiger partial charge on any atom is 0.255 e. The second kappa shape index (κ2) is 7.34. The number of hydrogen-bond donors (Lipinski definition) is 3. The maximum atomic E-state index is 11.8. The number of nitrogens with zero attached hydrogens (tertiary/aromatic N) is 2. The van der Waals surface area contributed by atoms with Crippen molar-refractivity contribution in [2.75, 3.05) is 17.7 Å². The van der Waals surface area contributed by atoms with Gasteiger partial charge in [0.2, 0.25) is 5.91 Å². The monoisotopic (exact) mass is 326 g/mol. The van der Waals surface area contributed by atoms with Gasteiger partial charge in [-0.15, -0.1) is 11.3 Å². The van der Waals surface area contributed by atoms with Gasteiger partial charge in [0.05, 0.1) is 5.75 Å². The van der Waals surface area contributed by atoms with Crippen LogP contribution < -0.4 is 10.9 Å². The van der Waals surface area contributed by atoms with Crippen LogP contribution in [0.3, 0.4) is 0 Å². The number of aliphatic hydroxyl groups excluding tert-OH is 1. The number of anilines is 1. The molecule has 0 saturated heterocycles. The van der Waals surface area contributed by atoms with E-state index in [2.05, 4.69) is 20.3 Å². The molecule has 3 N–H and O–H groups in total. The van der Waals surface area contributed by atoms with Crippen molar-refractivity contribution in [3.8, 4) is 0 Å². The molecule has 0 aliphatic rings. The Hall–Kier alpha value is -1.71. The Morgan fingerprint density at radius 3 is 3.00 bits per heavy atom. The van der Waals surface area contributed by atoms with Crippen LogP contribution in [0.15, 0.2) is 21.5 Å². The smallest absolute Gasteiger partial charge is 0.255 e. The predicted octanol–water partition coefficient (Wildman–Crippen LogP) is 0.800. The Labute approximate surface area is 128 Å². The number of aromatic nitrogens is 3. The fraction of sp³-hybridized carbons (Fsp3) is 0.333. The lowest BCUT2D eigenvalue weighted by molar-refractivity contribution is -0.113. The molecule has 0 aliphatic heterocycles. The van der Waals surface area contributed by atoms with E-state index in [0.29, 0.717) is 21.5 Å². The Balaban J connectivity index is 1.97. The molecule has 0 bridgehead atoms. The van der Waals surface area contributed by atoms with E-state index in [-0.39, 0.29) is 30.2 Å². The lowest BCUT2D eigenvalue weighted by Crippen LogP contribution is -2.19. The molecule has 2 rings (SSSR count). The molecule has 0 unspecified atom stereocenters. The van der Waals surface area contributed by atoms with E-state index < -0.39 is 0 Å². The summed E-state index contributed by atoms with van der Waals surface area (Å²) in [7, 11) is 0. The van der Waals surface area contributed by atoms with Crippen LogP contribution in [0.5, 0.6) is 0 Å². The number of aromatic amines is 1. The Bertz CT molecular complexity index is 670. The first-order chi connectivity index (χ1) is 10.1. The van der Waals surface area contributed by atoms with Crippen molar-refractivity contribution in [3.05, 3.63) is 33.2 Å². The van der Waals surface area contributed by atoms with Crippen molar-refractivity contribution < 1.29 is 9.90 Å². The van der Waals surface area contributed by atoms with Gasteiger partial charge in [-0.25, -0.2) is 9.97 Å². The summed E-state index contributed by atoms with van der Waals surface area (Å²) < 4.78 is 0. The highest BCUT2D eigenvalue weighted by molar-refractivity contribution is 7.99. The van der Waals surface area contributed by atoms with E-state index in [0.717, 1.165) is 11.8 Å². The highest BCUT2D eigenvalue weighted by Crippen LogP contribution is 2.15. The molecule has 0 radical (unpaired) electrons.